The average Bonchev–Trinajstić information content (AvgIpc) is 2.85. The summed E-state index contributed by atoms with van der Waals surface area (Å²) in [6.07, 6.45) is -2.24. The fourth-order valence-electron chi connectivity index (χ4n) is 3.04. The van der Waals surface area contributed by atoms with Crippen LogP contribution >= 0.6 is 11.3 Å². The van der Waals surface area contributed by atoms with E-state index in [1.807, 2.05) is 13.8 Å². The van der Waals surface area contributed by atoms with Crippen molar-refractivity contribution in [2.45, 2.75) is 39.7 Å². The number of hydrogen-bond acceptors (Lipinski definition) is 5. The van der Waals surface area contributed by atoms with Gasteiger partial charge in [0.05, 0.1) is 5.92 Å². The minimum atomic E-state index is -2.73. The maximum atomic E-state index is 12.4. The smallest absolute Gasteiger partial charge is 0.321 e. The normalized spacial score (nSPS) is 23.9. The summed E-state index contributed by atoms with van der Waals surface area (Å²) in [6, 6.07) is -0.841. The summed E-state index contributed by atoms with van der Waals surface area (Å²) in [4.78, 5) is 23.0. The molecule has 1 unspecified atom stereocenters. The Kier molecular flexibility index (Phi) is 4.83. The van der Waals surface area contributed by atoms with E-state index in [2.05, 4.69) is 20.8 Å². The van der Waals surface area contributed by atoms with E-state index in [0.29, 0.717) is 17.8 Å². The summed E-state index contributed by atoms with van der Waals surface area (Å²) < 4.78 is 24.8. The number of carboxylic acids is 1. The van der Waals surface area contributed by atoms with Gasteiger partial charge in [0.2, 0.25) is 5.13 Å². The number of hydrogen-bond donors (Lipinski definition) is 3. The molecule has 1 saturated carbocycles. The first kappa shape index (κ1) is 17.5. The van der Waals surface area contributed by atoms with Crippen molar-refractivity contribution < 1.29 is 23.5 Å². The molecule has 3 N–H and O–H groups in total. The molecular weight excluding hydrogens is 330 g/mol. The predicted molar refractivity (Wildman–Crippen MR) is 79.5 cm³/mol. The number of carbonyl (C=O) groups excluding carboxylic acids is 1. The summed E-state index contributed by atoms with van der Waals surface area (Å²) in [6.45, 7) is 5.50. The number of alkyl halides is 2. The highest BCUT2D eigenvalue weighted by Crippen LogP contribution is 2.52. The highest BCUT2D eigenvalue weighted by atomic mass is 32.1. The van der Waals surface area contributed by atoms with Crippen LogP contribution in [0.3, 0.4) is 0 Å². The maximum Gasteiger partial charge on any atom is 0.321 e. The lowest BCUT2D eigenvalue weighted by Gasteiger charge is -2.52. The van der Waals surface area contributed by atoms with Crippen molar-refractivity contribution in [3.05, 3.63) is 5.01 Å². The fraction of sp³-hybridized carbons (Fsp3) is 0.692. The summed E-state index contributed by atoms with van der Waals surface area (Å²) in [5.74, 6) is -1.26. The molecule has 0 saturated heterocycles. The molecule has 0 bridgehead atoms. The van der Waals surface area contributed by atoms with Gasteiger partial charge in [-0.3, -0.25) is 10.1 Å². The number of carboxylic acid groups (broad SMARTS) is 1. The Morgan fingerprint density at radius 1 is 1.39 bits per heavy atom. The van der Waals surface area contributed by atoms with Crippen LogP contribution in [0.5, 0.6) is 0 Å². The van der Waals surface area contributed by atoms with Crippen LogP contribution in [-0.4, -0.2) is 33.3 Å². The highest BCUT2D eigenvalue weighted by molar-refractivity contribution is 7.15. The zero-order valence-electron chi connectivity index (χ0n) is 12.8. The Labute approximate surface area is 135 Å². The van der Waals surface area contributed by atoms with Crippen molar-refractivity contribution in [1.29, 1.82) is 0 Å². The second-order valence-electron chi connectivity index (χ2n) is 6.19. The fourth-order valence-corrected chi connectivity index (χ4v) is 3.63. The van der Waals surface area contributed by atoms with E-state index in [1.165, 1.54) is 0 Å². The molecule has 2 amide bonds. The summed E-state index contributed by atoms with van der Waals surface area (Å²) in [7, 11) is 0. The van der Waals surface area contributed by atoms with Gasteiger partial charge in [0, 0.05) is 6.04 Å². The standard InChI is InChI=1S/C13H18F2N4O3S/c1-5(6-4-7(10(20)21)13(6,2)3)16-11(22)17-12-19-18-9(23-12)8(14)15/h5-8H,4H2,1-3H3,(H,20,21)(H2,16,17,19,22)/t5?,6-,7+/m0/s1. The minimum absolute atomic E-state index is 0.0127. The number of aromatic nitrogens is 2. The quantitative estimate of drug-likeness (QED) is 0.759. The van der Waals surface area contributed by atoms with Crippen LogP contribution in [0.15, 0.2) is 0 Å². The van der Waals surface area contributed by atoms with Gasteiger partial charge < -0.3 is 10.4 Å². The van der Waals surface area contributed by atoms with E-state index in [1.54, 1.807) is 6.92 Å². The van der Waals surface area contributed by atoms with Crippen LogP contribution in [-0.2, 0) is 4.79 Å². The predicted octanol–water partition coefficient (Wildman–Crippen LogP) is 2.73. The molecular formula is C13H18F2N4O3S. The van der Waals surface area contributed by atoms with Crippen molar-refractivity contribution in [3.63, 3.8) is 0 Å². The molecule has 7 nitrogen and oxygen atoms in total. The number of rotatable bonds is 5. The van der Waals surface area contributed by atoms with Gasteiger partial charge in [0.1, 0.15) is 0 Å². The molecule has 1 heterocycles. The number of aliphatic carboxylic acids is 1. The van der Waals surface area contributed by atoms with E-state index in [-0.39, 0.29) is 17.1 Å². The van der Waals surface area contributed by atoms with Crippen molar-refractivity contribution in [1.82, 2.24) is 15.5 Å². The largest absolute Gasteiger partial charge is 0.481 e. The Bertz CT molecular complexity index is 608. The Hall–Kier alpha value is -1.84. The van der Waals surface area contributed by atoms with Gasteiger partial charge in [0.15, 0.2) is 5.01 Å². The van der Waals surface area contributed by atoms with Crippen molar-refractivity contribution in [2.75, 3.05) is 5.32 Å². The lowest BCUT2D eigenvalue weighted by molar-refractivity contribution is -0.160. The molecule has 0 aliphatic heterocycles. The van der Waals surface area contributed by atoms with Gasteiger partial charge in [-0.2, -0.15) is 0 Å². The Morgan fingerprint density at radius 3 is 2.52 bits per heavy atom. The number of nitrogens with zero attached hydrogens (tertiary/aromatic N) is 2. The van der Waals surface area contributed by atoms with Crippen LogP contribution in [0.4, 0.5) is 18.7 Å². The van der Waals surface area contributed by atoms with Gasteiger partial charge in [-0.1, -0.05) is 25.2 Å². The highest BCUT2D eigenvalue weighted by Gasteiger charge is 2.53. The summed E-state index contributed by atoms with van der Waals surface area (Å²) in [5, 5.41) is 20.4. The molecule has 1 aliphatic rings. The van der Waals surface area contributed by atoms with Gasteiger partial charge in [-0.15, -0.1) is 10.2 Å². The monoisotopic (exact) mass is 348 g/mol. The second-order valence-corrected chi connectivity index (χ2v) is 7.20. The second kappa shape index (κ2) is 6.34. The molecule has 0 radical (unpaired) electrons. The lowest BCUT2D eigenvalue weighted by atomic mass is 9.53. The molecule has 128 valence electrons. The first-order valence-electron chi connectivity index (χ1n) is 7.04. The average molecular weight is 348 g/mol. The number of carbonyl (C=O) groups is 2. The molecule has 0 spiro atoms. The molecule has 1 aliphatic carbocycles. The van der Waals surface area contributed by atoms with Gasteiger partial charge in [0.25, 0.3) is 6.43 Å². The van der Waals surface area contributed by atoms with Gasteiger partial charge in [-0.05, 0) is 24.7 Å². The van der Waals surface area contributed by atoms with E-state index in [4.69, 9.17) is 5.11 Å². The number of nitrogens with one attached hydrogen (secondary N) is 2. The Morgan fingerprint density at radius 2 is 2.04 bits per heavy atom. The summed E-state index contributed by atoms with van der Waals surface area (Å²) in [5.41, 5.74) is -0.426. The zero-order valence-corrected chi connectivity index (χ0v) is 13.7. The van der Waals surface area contributed by atoms with Crippen LogP contribution < -0.4 is 10.6 Å². The first-order valence-corrected chi connectivity index (χ1v) is 7.86. The molecule has 1 aromatic heterocycles. The maximum absolute atomic E-state index is 12.4. The number of amides is 2. The third kappa shape index (κ3) is 3.57. The molecule has 1 fully saturated rings. The minimum Gasteiger partial charge on any atom is -0.481 e. The lowest BCUT2D eigenvalue weighted by Crippen LogP contribution is -2.57. The molecule has 2 rings (SSSR count). The van der Waals surface area contributed by atoms with Crippen LogP contribution in [0.1, 0.15) is 38.6 Å². The SMILES string of the molecule is CC(NC(=O)Nc1nnc(C(F)F)s1)[C@@H]1C[C@H](C(=O)O)C1(C)C. The van der Waals surface area contributed by atoms with Crippen LogP contribution in [0, 0.1) is 17.3 Å². The van der Waals surface area contributed by atoms with Crippen molar-refractivity contribution in [3.8, 4) is 0 Å². The number of urea groups is 1. The number of halogens is 2. The van der Waals surface area contributed by atoms with Crippen LogP contribution in [0.2, 0.25) is 0 Å². The molecule has 3 atom stereocenters. The van der Waals surface area contributed by atoms with Crippen molar-refractivity contribution in [2.24, 2.45) is 17.3 Å². The number of anilines is 1. The molecule has 10 heteroatoms. The van der Waals surface area contributed by atoms with E-state index < -0.39 is 34.8 Å². The van der Waals surface area contributed by atoms with E-state index >= 15 is 0 Å². The Balaban J connectivity index is 1.89. The molecule has 1 aromatic rings. The topological polar surface area (TPSA) is 104 Å². The van der Waals surface area contributed by atoms with Gasteiger partial charge >= 0.3 is 12.0 Å². The van der Waals surface area contributed by atoms with E-state index in [0.717, 1.165) is 0 Å². The zero-order chi connectivity index (χ0) is 17.4. The molecule has 0 aromatic carbocycles. The first-order chi connectivity index (χ1) is 10.6. The van der Waals surface area contributed by atoms with Crippen LogP contribution in [0.25, 0.3) is 0 Å². The van der Waals surface area contributed by atoms with Crippen molar-refractivity contribution >= 4 is 28.5 Å². The third-order valence-corrected chi connectivity index (χ3v) is 5.30. The summed E-state index contributed by atoms with van der Waals surface area (Å²) >= 11 is 0.607. The molecule has 23 heavy (non-hydrogen) atoms. The van der Waals surface area contributed by atoms with Gasteiger partial charge in [-0.25, -0.2) is 13.6 Å². The third-order valence-electron chi connectivity index (χ3n) is 4.45. The van der Waals surface area contributed by atoms with E-state index in [9.17, 15) is 18.4 Å².